The third kappa shape index (κ3) is 15.4. The molecule has 0 radical (unpaired) electrons. The molecule has 14 heteroatoms. The fourth-order valence-corrected chi connectivity index (χ4v) is 4.10. The Morgan fingerprint density at radius 3 is 2.46 bits per heavy atom. The Bertz CT molecular complexity index is 1080. The smallest absolute Gasteiger partial charge is 0.340 e. The van der Waals surface area contributed by atoms with Crippen molar-refractivity contribution in [1.82, 2.24) is 10.2 Å². The SMILES string of the molecule is C=NC1=C(SCNC)CN(/C(=C/C(=N\COC)OC)N=C)CC1.CC(C)(C)OC(=O)c1ccccc1NC=O.SI. The average Bonchev–Trinajstić information content (AvgIpc) is 2.97. The summed E-state index contributed by atoms with van der Waals surface area (Å²) in [6, 6.07) is 6.71. The number of methoxy groups -OCH3 is 2. The second-order valence-electron chi connectivity index (χ2n) is 8.93. The number of nitrogens with one attached hydrogen (secondary N) is 2. The van der Waals surface area contributed by atoms with E-state index in [-0.39, 0.29) is 6.73 Å². The highest BCUT2D eigenvalue weighted by Gasteiger charge is 2.21. The van der Waals surface area contributed by atoms with Crippen LogP contribution in [0, 0.1) is 0 Å². The van der Waals surface area contributed by atoms with E-state index in [1.165, 1.54) is 4.91 Å². The quantitative estimate of drug-likeness (QED) is 0.0514. The zero-order valence-corrected chi connectivity index (χ0v) is 28.3. The van der Waals surface area contributed by atoms with Crippen molar-refractivity contribution in [3.63, 3.8) is 0 Å². The van der Waals surface area contributed by atoms with Gasteiger partial charge in [0.1, 0.15) is 18.2 Å². The van der Waals surface area contributed by atoms with Crippen molar-refractivity contribution < 1.29 is 23.8 Å². The molecule has 1 heterocycles. The summed E-state index contributed by atoms with van der Waals surface area (Å²) in [7, 11) is 8.56. The second kappa shape index (κ2) is 22.2. The maximum atomic E-state index is 11.8. The van der Waals surface area contributed by atoms with Gasteiger partial charge in [-0.05, 0) is 74.6 Å². The van der Waals surface area contributed by atoms with Gasteiger partial charge in [-0.15, -0.1) is 21.6 Å². The van der Waals surface area contributed by atoms with E-state index >= 15 is 0 Å². The molecular weight excluding hydrogens is 679 g/mol. The fraction of sp³-hybridized carbons (Fsp3) is 0.444. The molecule has 1 aromatic rings. The number of aliphatic imine (C=N–C) groups is 3. The van der Waals surface area contributed by atoms with Gasteiger partial charge < -0.3 is 29.7 Å². The van der Waals surface area contributed by atoms with E-state index in [9.17, 15) is 9.59 Å². The highest BCUT2D eigenvalue weighted by molar-refractivity contribution is 14.2. The molecule has 0 spiro atoms. The largest absolute Gasteiger partial charge is 0.481 e. The van der Waals surface area contributed by atoms with Crippen LogP contribution in [0.2, 0.25) is 0 Å². The first-order chi connectivity index (χ1) is 19.6. The van der Waals surface area contributed by atoms with Gasteiger partial charge in [-0.2, -0.15) is 0 Å². The summed E-state index contributed by atoms with van der Waals surface area (Å²) >= 11 is 3.57. The van der Waals surface area contributed by atoms with E-state index < -0.39 is 11.6 Å². The Labute approximate surface area is 265 Å². The summed E-state index contributed by atoms with van der Waals surface area (Å²) in [5.74, 6) is 1.54. The molecule has 0 saturated heterocycles. The standard InChI is InChI=1S/C15H25N5O2S.C12H15NO3.HIS/c1-16-11-23-13-9-20(7-6-12(13)17-2)14(18-3)8-15(22-5)19-10-21-4;1-12(2,3)16-11(15)9-6-4-5-7-10(9)13-8-14;1-2/h8,16H,2-3,6-7,9-11H2,1,4-5H3;4-8H,1-3H3,(H,13,14);2H/b14-8+,19-15+;;. The van der Waals surface area contributed by atoms with Crippen molar-refractivity contribution >= 4 is 80.2 Å². The summed E-state index contributed by atoms with van der Waals surface area (Å²) in [5, 5.41) is 5.59. The zero-order chi connectivity index (χ0) is 31.3. The van der Waals surface area contributed by atoms with Gasteiger partial charge in [-0.3, -0.25) is 9.79 Å². The third-order valence-electron chi connectivity index (χ3n) is 4.91. The number of amides is 1. The minimum absolute atomic E-state index is 0.234. The Hall–Kier alpha value is -2.40. The number of ether oxygens (including phenoxy) is 3. The van der Waals surface area contributed by atoms with Gasteiger partial charge in [0.05, 0.1) is 30.6 Å². The first-order valence-electron chi connectivity index (χ1n) is 12.3. The van der Waals surface area contributed by atoms with Crippen molar-refractivity contribution in [2.75, 3.05) is 52.3 Å². The molecule has 0 aliphatic carbocycles. The van der Waals surface area contributed by atoms with Crippen LogP contribution < -0.4 is 10.6 Å². The highest BCUT2D eigenvalue weighted by atomic mass is 127. The molecule has 1 aliphatic heterocycles. The Morgan fingerprint density at radius 1 is 1.24 bits per heavy atom. The van der Waals surface area contributed by atoms with Crippen molar-refractivity contribution in [3.05, 3.63) is 52.3 Å². The van der Waals surface area contributed by atoms with Crippen LogP contribution in [0.15, 0.2) is 61.7 Å². The lowest BCUT2D eigenvalue weighted by molar-refractivity contribution is -0.105. The van der Waals surface area contributed by atoms with Crippen LogP contribution in [0.25, 0.3) is 0 Å². The maximum Gasteiger partial charge on any atom is 0.340 e. The van der Waals surface area contributed by atoms with Crippen LogP contribution in [0.1, 0.15) is 37.6 Å². The van der Waals surface area contributed by atoms with Crippen molar-refractivity contribution in [1.29, 1.82) is 0 Å². The summed E-state index contributed by atoms with van der Waals surface area (Å²) in [6.45, 7) is 14.4. The van der Waals surface area contributed by atoms with Gasteiger partial charge >= 0.3 is 5.97 Å². The van der Waals surface area contributed by atoms with E-state index in [2.05, 4.69) is 53.7 Å². The van der Waals surface area contributed by atoms with Crippen molar-refractivity contribution in [3.8, 4) is 0 Å². The van der Waals surface area contributed by atoms with Crippen molar-refractivity contribution in [2.45, 2.75) is 32.8 Å². The molecular formula is C27H41IN6O5S2. The number of thioether (sulfide) groups is 1. The predicted octanol–water partition coefficient (Wildman–Crippen LogP) is 5.18. The normalized spacial score (nSPS) is 13.6. The van der Waals surface area contributed by atoms with Crippen LogP contribution in [0.3, 0.4) is 0 Å². The number of thiol groups is 1. The second-order valence-corrected chi connectivity index (χ2v) is 10.0. The Morgan fingerprint density at radius 2 is 1.93 bits per heavy atom. The maximum absolute atomic E-state index is 11.8. The molecule has 228 valence electrons. The molecule has 1 amide bonds. The topological polar surface area (TPSA) is 126 Å². The highest BCUT2D eigenvalue weighted by Crippen LogP contribution is 2.29. The first kappa shape index (κ1) is 38.6. The van der Waals surface area contributed by atoms with E-state index in [0.29, 0.717) is 35.9 Å². The van der Waals surface area contributed by atoms with E-state index in [0.717, 1.165) is 24.5 Å². The van der Waals surface area contributed by atoms with Crippen LogP contribution in [-0.2, 0) is 19.0 Å². The van der Waals surface area contributed by atoms with Crippen LogP contribution in [0.5, 0.6) is 0 Å². The lowest BCUT2D eigenvalue weighted by Crippen LogP contribution is -2.30. The Kier molecular flexibility index (Phi) is 20.9. The monoisotopic (exact) mass is 720 g/mol. The number of para-hydroxylation sites is 1. The number of nitrogens with zero attached hydrogens (tertiary/aromatic N) is 4. The molecule has 0 fully saturated rings. The molecule has 2 N–H and O–H groups in total. The minimum Gasteiger partial charge on any atom is -0.481 e. The molecule has 41 heavy (non-hydrogen) atoms. The van der Waals surface area contributed by atoms with Crippen LogP contribution in [-0.4, -0.2) is 89.2 Å². The number of esters is 1. The molecule has 2 rings (SSSR count). The molecule has 1 aromatic carbocycles. The summed E-state index contributed by atoms with van der Waals surface area (Å²) < 4.78 is 15.4. The van der Waals surface area contributed by atoms with Crippen molar-refractivity contribution in [2.24, 2.45) is 15.0 Å². The van der Waals surface area contributed by atoms with Gasteiger partial charge in [0, 0.05) is 36.9 Å². The van der Waals surface area contributed by atoms with Crippen LogP contribution in [0.4, 0.5) is 5.69 Å². The number of hydrogen-bond donors (Lipinski definition) is 3. The molecule has 0 saturated carbocycles. The number of anilines is 1. The van der Waals surface area contributed by atoms with E-state index in [1.807, 2.05) is 28.3 Å². The number of carbonyl (C=O) groups excluding carboxylic acids is 2. The summed E-state index contributed by atoms with van der Waals surface area (Å²) in [4.78, 5) is 37.9. The van der Waals surface area contributed by atoms with Gasteiger partial charge in [-0.1, -0.05) is 12.1 Å². The van der Waals surface area contributed by atoms with E-state index in [4.69, 9.17) is 14.2 Å². The zero-order valence-electron chi connectivity index (χ0n) is 24.5. The number of halogens is 1. The van der Waals surface area contributed by atoms with E-state index in [1.54, 1.807) is 77.1 Å². The predicted molar refractivity (Wildman–Crippen MR) is 183 cm³/mol. The molecule has 0 atom stereocenters. The number of carbonyl (C=O) groups is 2. The average molecular weight is 721 g/mol. The van der Waals surface area contributed by atoms with Gasteiger partial charge in [0.25, 0.3) is 0 Å². The molecule has 0 aromatic heterocycles. The lowest BCUT2D eigenvalue weighted by Gasteiger charge is -2.30. The van der Waals surface area contributed by atoms with Gasteiger partial charge in [0.15, 0.2) is 0 Å². The Balaban J connectivity index is 0.000000777. The summed E-state index contributed by atoms with van der Waals surface area (Å²) in [5.41, 5.74) is 1.30. The van der Waals surface area contributed by atoms with Crippen LogP contribution >= 0.6 is 42.8 Å². The minimum atomic E-state index is -0.550. The molecule has 11 nitrogen and oxygen atoms in total. The number of hydrogen-bond acceptors (Lipinski definition) is 12. The summed E-state index contributed by atoms with van der Waals surface area (Å²) in [6.07, 6.45) is 3.11. The molecule has 0 unspecified atom stereocenters. The third-order valence-corrected chi connectivity index (χ3v) is 6.06. The number of benzene rings is 1. The molecule has 1 aliphatic rings. The lowest BCUT2D eigenvalue weighted by atomic mass is 10.1. The van der Waals surface area contributed by atoms with Gasteiger partial charge in [-0.25, -0.2) is 14.8 Å². The fourth-order valence-electron chi connectivity index (χ4n) is 3.20. The molecule has 0 bridgehead atoms. The number of rotatable bonds is 12. The van der Waals surface area contributed by atoms with Gasteiger partial charge in [0.2, 0.25) is 12.3 Å². The first-order valence-corrected chi connectivity index (χ1v) is 16.5.